The monoisotopic (exact) mass is 332 g/mol. The molecule has 122 valence electrons. The van der Waals surface area contributed by atoms with Gasteiger partial charge < -0.3 is 0 Å². The molecule has 2 aliphatic heterocycles. The van der Waals surface area contributed by atoms with Crippen LogP contribution in [-0.4, -0.2) is 50.4 Å². The van der Waals surface area contributed by atoms with E-state index in [0.29, 0.717) is 6.42 Å². The molecule has 23 heavy (non-hydrogen) atoms. The van der Waals surface area contributed by atoms with Crippen LogP contribution >= 0.6 is 11.7 Å². The van der Waals surface area contributed by atoms with E-state index in [0.717, 1.165) is 49.9 Å². The number of hydrogen-bond acceptors (Lipinski definition) is 6. The number of carbonyl (C=O) groups is 1. The van der Waals surface area contributed by atoms with Gasteiger partial charge in [-0.05, 0) is 37.0 Å². The summed E-state index contributed by atoms with van der Waals surface area (Å²) in [5, 5.41) is 1.64. The van der Waals surface area contributed by atoms with Crippen molar-refractivity contribution in [2.45, 2.75) is 37.8 Å². The van der Waals surface area contributed by atoms with E-state index in [1.54, 1.807) is 12.2 Å². The molecule has 0 saturated carbocycles. The number of nitrogens with zero attached hydrogens (tertiary/aromatic N) is 4. The molecule has 0 atom stereocenters. The van der Waals surface area contributed by atoms with Crippen LogP contribution in [-0.2, 0) is 16.2 Å². The van der Waals surface area contributed by atoms with Crippen molar-refractivity contribution in [3.05, 3.63) is 23.8 Å². The molecule has 0 bridgehead atoms. The molecule has 3 heterocycles. The molecule has 4 rings (SSSR count). The predicted octanol–water partition coefficient (Wildman–Crippen LogP) is 2.21. The van der Waals surface area contributed by atoms with Crippen LogP contribution in [0.25, 0.3) is 11.0 Å². The summed E-state index contributed by atoms with van der Waals surface area (Å²) in [6.07, 6.45) is 3.49. The fraction of sp³-hybridized carbons (Fsp3) is 0.562. The van der Waals surface area contributed by atoms with Crippen molar-refractivity contribution in [2.75, 3.05) is 20.2 Å². The van der Waals surface area contributed by atoms with E-state index < -0.39 is 0 Å². The van der Waals surface area contributed by atoms with Gasteiger partial charge in [0.2, 0.25) is 5.91 Å². The topological polar surface area (TPSA) is 58.6 Å². The molecule has 2 aromatic rings. The second-order valence-corrected chi connectivity index (χ2v) is 6.99. The van der Waals surface area contributed by atoms with E-state index in [-0.39, 0.29) is 11.4 Å². The second-order valence-electron chi connectivity index (χ2n) is 6.46. The van der Waals surface area contributed by atoms with Gasteiger partial charge in [-0.3, -0.25) is 14.5 Å². The third-order valence-corrected chi connectivity index (χ3v) is 5.71. The van der Waals surface area contributed by atoms with Crippen molar-refractivity contribution >= 4 is 28.7 Å². The summed E-state index contributed by atoms with van der Waals surface area (Å²) in [7, 11) is 1.61. The summed E-state index contributed by atoms with van der Waals surface area (Å²) in [5.74, 6) is 0.127. The normalized spacial score (nSPS) is 21.6. The highest BCUT2D eigenvalue weighted by Gasteiger charge is 2.47. The maximum Gasteiger partial charge on any atom is 0.246 e. The summed E-state index contributed by atoms with van der Waals surface area (Å²) in [6.45, 7) is 2.89. The van der Waals surface area contributed by atoms with Crippen LogP contribution in [0.3, 0.4) is 0 Å². The smallest absolute Gasteiger partial charge is 0.246 e. The Morgan fingerprint density at radius 3 is 2.78 bits per heavy atom. The van der Waals surface area contributed by atoms with Crippen LogP contribution < -0.4 is 0 Å². The third kappa shape index (κ3) is 2.62. The Kier molecular flexibility index (Phi) is 3.79. The van der Waals surface area contributed by atoms with E-state index in [1.165, 1.54) is 17.3 Å². The summed E-state index contributed by atoms with van der Waals surface area (Å²) in [4.78, 5) is 19.7. The molecule has 1 aromatic heterocycles. The van der Waals surface area contributed by atoms with E-state index >= 15 is 0 Å². The van der Waals surface area contributed by atoms with Crippen molar-refractivity contribution in [1.82, 2.24) is 18.7 Å². The van der Waals surface area contributed by atoms with Gasteiger partial charge in [0.15, 0.2) is 0 Å². The van der Waals surface area contributed by atoms with Crippen molar-refractivity contribution in [3.8, 4) is 0 Å². The molecule has 2 saturated heterocycles. The van der Waals surface area contributed by atoms with Crippen LogP contribution in [0.1, 0.15) is 31.2 Å². The number of piperidine rings is 1. The first-order valence-electron chi connectivity index (χ1n) is 8.01. The molecule has 2 fully saturated rings. The predicted molar refractivity (Wildman–Crippen MR) is 87.7 cm³/mol. The van der Waals surface area contributed by atoms with Gasteiger partial charge in [0, 0.05) is 26.1 Å². The van der Waals surface area contributed by atoms with E-state index in [1.807, 2.05) is 6.07 Å². The third-order valence-electron chi connectivity index (χ3n) is 5.16. The Morgan fingerprint density at radius 2 is 2.00 bits per heavy atom. The lowest BCUT2D eigenvalue weighted by Gasteiger charge is -2.43. The fourth-order valence-corrected chi connectivity index (χ4v) is 4.38. The number of hydrogen-bond donors (Lipinski definition) is 0. The van der Waals surface area contributed by atoms with Crippen molar-refractivity contribution in [1.29, 1.82) is 0 Å². The summed E-state index contributed by atoms with van der Waals surface area (Å²) >= 11 is 1.26. The molecular weight excluding hydrogens is 312 g/mol. The first kappa shape index (κ1) is 15.0. The molecule has 1 amide bonds. The Labute approximate surface area is 139 Å². The lowest BCUT2D eigenvalue weighted by atomic mass is 9.86. The zero-order valence-electron chi connectivity index (χ0n) is 13.2. The van der Waals surface area contributed by atoms with Gasteiger partial charge in [0.1, 0.15) is 11.0 Å². The van der Waals surface area contributed by atoms with Gasteiger partial charge >= 0.3 is 0 Å². The Morgan fingerprint density at radius 1 is 1.22 bits per heavy atom. The molecule has 7 heteroatoms. The number of rotatable bonds is 3. The first-order chi connectivity index (χ1) is 11.2. The molecule has 0 N–H and O–H groups in total. The number of benzene rings is 1. The number of amides is 1. The van der Waals surface area contributed by atoms with Crippen molar-refractivity contribution in [2.24, 2.45) is 0 Å². The maximum atomic E-state index is 11.9. The van der Waals surface area contributed by atoms with Crippen LogP contribution in [0.4, 0.5) is 0 Å². The first-order valence-corrected chi connectivity index (χ1v) is 8.74. The molecule has 0 radical (unpaired) electrons. The summed E-state index contributed by atoms with van der Waals surface area (Å²) < 4.78 is 8.56. The second kappa shape index (κ2) is 5.81. The van der Waals surface area contributed by atoms with Crippen molar-refractivity contribution in [3.63, 3.8) is 0 Å². The number of aromatic nitrogens is 2. The molecule has 2 aliphatic rings. The van der Waals surface area contributed by atoms with Gasteiger partial charge in [-0.1, -0.05) is 6.07 Å². The highest BCUT2D eigenvalue weighted by Crippen LogP contribution is 2.39. The van der Waals surface area contributed by atoms with Crippen molar-refractivity contribution < 1.29 is 9.63 Å². The van der Waals surface area contributed by atoms with Crippen LogP contribution in [0, 0.1) is 0 Å². The SMILES string of the molecule is CON1C(=O)CCC12CCN(Cc1ccc3nsnc3c1)CC2. The van der Waals surface area contributed by atoms with E-state index in [9.17, 15) is 4.79 Å². The van der Waals surface area contributed by atoms with E-state index in [2.05, 4.69) is 25.8 Å². The zero-order chi connectivity index (χ0) is 15.9. The lowest BCUT2D eigenvalue weighted by Crippen LogP contribution is -2.52. The fourth-order valence-electron chi connectivity index (χ4n) is 3.87. The van der Waals surface area contributed by atoms with Crippen LogP contribution in [0.2, 0.25) is 0 Å². The van der Waals surface area contributed by atoms with Gasteiger partial charge in [-0.2, -0.15) is 8.75 Å². The van der Waals surface area contributed by atoms with Gasteiger partial charge in [-0.25, -0.2) is 5.06 Å². The van der Waals surface area contributed by atoms with Gasteiger partial charge in [0.05, 0.1) is 24.4 Å². The van der Waals surface area contributed by atoms with Gasteiger partial charge in [-0.15, -0.1) is 0 Å². The molecular formula is C16H20N4O2S. The average molecular weight is 332 g/mol. The number of carbonyl (C=O) groups excluding carboxylic acids is 1. The van der Waals surface area contributed by atoms with Crippen LogP contribution in [0.15, 0.2) is 18.2 Å². The lowest BCUT2D eigenvalue weighted by molar-refractivity contribution is -0.202. The van der Waals surface area contributed by atoms with E-state index in [4.69, 9.17) is 4.84 Å². The molecule has 0 aliphatic carbocycles. The Hall–Kier alpha value is -1.57. The minimum Gasteiger partial charge on any atom is -0.299 e. The molecule has 0 unspecified atom stereocenters. The largest absolute Gasteiger partial charge is 0.299 e. The van der Waals surface area contributed by atoms with Gasteiger partial charge in [0.25, 0.3) is 0 Å². The Balaban J connectivity index is 1.42. The molecule has 1 spiro atoms. The Bertz CT molecular complexity index is 724. The summed E-state index contributed by atoms with van der Waals surface area (Å²) in [5.41, 5.74) is 3.14. The molecule has 1 aromatic carbocycles. The maximum absolute atomic E-state index is 11.9. The highest BCUT2D eigenvalue weighted by atomic mass is 32.1. The number of hydroxylamine groups is 2. The standard InChI is InChI=1S/C16H20N4O2S/c1-22-20-15(21)4-5-16(20)6-8-19(9-7-16)11-12-2-3-13-14(10-12)18-23-17-13/h2-3,10H,4-9,11H2,1H3. The highest BCUT2D eigenvalue weighted by molar-refractivity contribution is 7.00. The minimum absolute atomic E-state index is 0.0783. The number of likely N-dealkylation sites (tertiary alicyclic amines) is 1. The van der Waals surface area contributed by atoms with Crippen LogP contribution in [0.5, 0.6) is 0 Å². The zero-order valence-corrected chi connectivity index (χ0v) is 14.0. The molecule has 6 nitrogen and oxygen atoms in total. The summed E-state index contributed by atoms with van der Waals surface area (Å²) in [6, 6.07) is 6.31. The average Bonchev–Trinajstić information content (AvgIpc) is 3.14. The number of fused-ring (bicyclic) bond motifs is 1. The quantitative estimate of drug-likeness (QED) is 0.862. The minimum atomic E-state index is -0.0783.